The fourth-order valence-corrected chi connectivity index (χ4v) is 1.02. The summed E-state index contributed by atoms with van der Waals surface area (Å²) < 4.78 is 0. The van der Waals surface area contributed by atoms with Crippen molar-refractivity contribution in [3.8, 4) is 0 Å². The van der Waals surface area contributed by atoms with Crippen LogP contribution in [0.5, 0.6) is 0 Å². The summed E-state index contributed by atoms with van der Waals surface area (Å²) in [4.78, 5) is 0. The summed E-state index contributed by atoms with van der Waals surface area (Å²) in [5, 5.41) is 8.95. The molecule has 0 saturated carbocycles. The van der Waals surface area contributed by atoms with Crippen molar-refractivity contribution in [2.45, 2.75) is 12.5 Å². The van der Waals surface area contributed by atoms with Gasteiger partial charge in [0.25, 0.3) is 0 Å². The zero-order valence-electron chi connectivity index (χ0n) is 5.13. The van der Waals surface area contributed by atoms with E-state index in [1.807, 2.05) is 6.26 Å². The molecule has 0 rings (SSSR count). The maximum atomic E-state index is 8.95. The lowest BCUT2D eigenvalue weighted by Crippen LogP contribution is -2.15. The van der Waals surface area contributed by atoms with E-state index in [1.165, 1.54) is 0 Å². The van der Waals surface area contributed by atoms with Gasteiger partial charge in [-0.25, -0.2) is 0 Å². The average molecular weight is 135 g/mol. The molecule has 1 atom stereocenters. The molecule has 0 aromatic rings. The second-order valence-corrected chi connectivity index (χ2v) is 2.60. The average Bonchev–Trinajstić information content (AvgIpc) is 1.68. The van der Waals surface area contributed by atoms with E-state index in [9.17, 15) is 0 Å². The van der Waals surface area contributed by atoms with Gasteiger partial charge in [0.05, 0.1) is 6.10 Å². The topological polar surface area (TPSA) is 46.2 Å². The van der Waals surface area contributed by atoms with Gasteiger partial charge in [0.2, 0.25) is 0 Å². The van der Waals surface area contributed by atoms with Crippen molar-refractivity contribution < 1.29 is 5.11 Å². The summed E-state index contributed by atoms with van der Waals surface area (Å²) >= 11 is 1.64. The number of hydrogen-bond donors (Lipinski definition) is 2. The Bertz CT molecular complexity index is 45.7. The van der Waals surface area contributed by atoms with E-state index >= 15 is 0 Å². The first-order valence-electron chi connectivity index (χ1n) is 2.68. The second-order valence-electron chi connectivity index (χ2n) is 1.69. The van der Waals surface area contributed by atoms with Gasteiger partial charge in [0, 0.05) is 5.75 Å². The molecule has 0 aromatic carbocycles. The van der Waals surface area contributed by atoms with Crippen LogP contribution in [0.3, 0.4) is 0 Å². The Morgan fingerprint density at radius 3 is 2.75 bits per heavy atom. The van der Waals surface area contributed by atoms with E-state index in [1.54, 1.807) is 11.8 Å². The first-order valence-corrected chi connectivity index (χ1v) is 4.07. The van der Waals surface area contributed by atoms with Crippen LogP contribution in [0, 0.1) is 0 Å². The highest BCUT2D eigenvalue weighted by molar-refractivity contribution is 7.98. The van der Waals surface area contributed by atoms with Crippen LogP contribution in [-0.2, 0) is 0 Å². The standard InChI is InChI=1S/C5H13NOS/c1-8-4-5(7)2-3-6/h5,7H,2-4,6H2,1H3. The Morgan fingerprint density at radius 2 is 2.38 bits per heavy atom. The highest BCUT2D eigenvalue weighted by atomic mass is 32.2. The minimum absolute atomic E-state index is 0.199. The predicted octanol–water partition coefficient (Wildman–Crippen LogP) is 0.0591. The molecular formula is C5H13NOS. The zero-order chi connectivity index (χ0) is 6.41. The van der Waals surface area contributed by atoms with E-state index in [4.69, 9.17) is 10.8 Å². The van der Waals surface area contributed by atoms with Gasteiger partial charge in [0.1, 0.15) is 0 Å². The van der Waals surface area contributed by atoms with Crippen molar-refractivity contribution in [3.63, 3.8) is 0 Å². The third-order valence-electron chi connectivity index (χ3n) is 0.859. The molecule has 2 nitrogen and oxygen atoms in total. The molecule has 3 heteroatoms. The molecular weight excluding hydrogens is 122 g/mol. The van der Waals surface area contributed by atoms with Gasteiger partial charge < -0.3 is 10.8 Å². The smallest absolute Gasteiger partial charge is 0.0642 e. The third-order valence-corrected chi connectivity index (χ3v) is 1.58. The van der Waals surface area contributed by atoms with Gasteiger partial charge in [-0.15, -0.1) is 0 Å². The van der Waals surface area contributed by atoms with Crippen LogP contribution < -0.4 is 5.73 Å². The highest BCUT2D eigenvalue weighted by Gasteiger charge is 1.98. The molecule has 0 bridgehead atoms. The molecule has 0 heterocycles. The van der Waals surface area contributed by atoms with Crippen molar-refractivity contribution in [2.75, 3.05) is 18.6 Å². The molecule has 0 saturated heterocycles. The normalized spacial score (nSPS) is 13.9. The maximum absolute atomic E-state index is 8.95. The van der Waals surface area contributed by atoms with Gasteiger partial charge in [-0.3, -0.25) is 0 Å². The van der Waals surface area contributed by atoms with Crippen molar-refractivity contribution in [3.05, 3.63) is 0 Å². The van der Waals surface area contributed by atoms with E-state index in [2.05, 4.69) is 0 Å². The maximum Gasteiger partial charge on any atom is 0.0642 e. The summed E-state index contributed by atoms with van der Waals surface area (Å²) in [7, 11) is 0. The fourth-order valence-electron chi connectivity index (χ4n) is 0.468. The summed E-state index contributed by atoms with van der Waals surface area (Å²) in [5.41, 5.74) is 5.19. The van der Waals surface area contributed by atoms with E-state index < -0.39 is 0 Å². The Labute approximate surface area is 54.5 Å². The number of thioether (sulfide) groups is 1. The van der Waals surface area contributed by atoms with Crippen LogP contribution in [0.15, 0.2) is 0 Å². The number of rotatable bonds is 4. The van der Waals surface area contributed by atoms with Crippen LogP contribution >= 0.6 is 11.8 Å². The van der Waals surface area contributed by atoms with Crippen LogP contribution in [0.2, 0.25) is 0 Å². The van der Waals surface area contributed by atoms with Crippen LogP contribution in [0.25, 0.3) is 0 Å². The number of hydrogen-bond acceptors (Lipinski definition) is 3. The minimum Gasteiger partial charge on any atom is -0.392 e. The third kappa shape index (κ3) is 4.43. The van der Waals surface area contributed by atoms with Gasteiger partial charge >= 0.3 is 0 Å². The molecule has 0 aliphatic heterocycles. The fraction of sp³-hybridized carbons (Fsp3) is 1.00. The summed E-state index contributed by atoms with van der Waals surface area (Å²) in [6.07, 6.45) is 2.50. The molecule has 8 heavy (non-hydrogen) atoms. The SMILES string of the molecule is CSCC(O)CCN. The Morgan fingerprint density at radius 1 is 1.75 bits per heavy atom. The minimum atomic E-state index is -0.199. The first-order chi connectivity index (χ1) is 3.81. The second kappa shape index (κ2) is 5.41. The summed E-state index contributed by atoms with van der Waals surface area (Å²) in [5.74, 6) is 0.803. The first kappa shape index (κ1) is 8.27. The molecule has 0 aromatic heterocycles. The quantitative estimate of drug-likeness (QED) is 0.573. The molecule has 0 radical (unpaired) electrons. The number of aliphatic hydroxyl groups excluding tert-OH is 1. The largest absolute Gasteiger partial charge is 0.392 e. The van der Waals surface area contributed by atoms with Crippen molar-refractivity contribution >= 4 is 11.8 Å². The Balaban J connectivity index is 2.92. The van der Waals surface area contributed by atoms with Gasteiger partial charge in [0.15, 0.2) is 0 Å². The van der Waals surface area contributed by atoms with Gasteiger partial charge in [-0.1, -0.05) is 0 Å². The van der Waals surface area contributed by atoms with E-state index in [-0.39, 0.29) is 6.10 Å². The Kier molecular flexibility index (Phi) is 5.59. The zero-order valence-corrected chi connectivity index (χ0v) is 5.95. The van der Waals surface area contributed by atoms with Crippen molar-refractivity contribution in [1.82, 2.24) is 0 Å². The monoisotopic (exact) mass is 135 g/mol. The molecule has 0 fully saturated rings. The lowest BCUT2D eigenvalue weighted by atomic mass is 10.3. The molecule has 0 spiro atoms. The number of nitrogens with two attached hydrogens (primary N) is 1. The Hall–Kier alpha value is 0.270. The molecule has 50 valence electrons. The van der Waals surface area contributed by atoms with E-state index in [0.29, 0.717) is 6.54 Å². The molecule has 0 amide bonds. The number of aliphatic hydroxyl groups is 1. The predicted molar refractivity (Wildman–Crippen MR) is 38.1 cm³/mol. The summed E-state index contributed by atoms with van der Waals surface area (Å²) in [6.45, 7) is 0.585. The van der Waals surface area contributed by atoms with Crippen molar-refractivity contribution in [2.24, 2.45) is 5.73 Å². The van der Waals surface area contributed by atoms with Gasteiger partial charge in [-0.2, -0.15) is 11.8 Å². The van der Waals surface area contributed by atoms with Gasteiger partial charge in [-0.05, 0) is 19.2 Å². The highest BCUT2D eigenvalue weighted by Crippen LogP contribution is 1.98. The van der Waals surface area contributed by atoms with E-state index in [0.717, 1.165) is 12.2 Å². The summed E-state index contributed by atoms with van der Waals surface area (Å²) in [6, 6.07) is 0. The van der Waals surface area contributed by atoms with Crippen LogP contribution in [-0.4, -0.2) is 29.8 Å². The molecule has 1 unspecified atom stereocenters. The molecule has 0 aliphatic rings. The molecule has 3 N–H and O–H groups in total. The lowest BCUT2D eigenvalue weighted by Gasteiger charge is -2.04. The van der Waals surface area contributed by atoms with Crippen LogP contribution in [0.1, 0.15) is 6.42 Å². The van der Waals surface area contributed by atoms with Crippen molar-refractivity contribution in [1.29, 1.82) is 0 Å². The van der Waals surface area contributed by atoms with Crippen LogP contribution in [0.4, 0.5) is 0 Å². The lowest BCUT2D eigenvalue weighted by molar-refractivity contribution is 0.192. The molecule has 0 aliphatic carbocycles.